The van der Waals surface area contributed by atoms with E-state index in [1.54, 1.807) is 0 Å². The molecule has 2 rings (SSSR count). The number of aromatic nitrogens is 1. The molecule has 14 heavy (non-hydrogen) atoms. The first-order valence-electron chi connectivity index (χ1n) is 4.76. The Morgan fingerprint density at radius 3 is 3.14 bits per heavy atom. The van der Waals surface area contributed by atoms with Crippen molar-refractivity contribution in [2.75, 3.05) is 13.2 Å². The van der Waals surface area contributed by atoms with E-state index in [9.17, 15) is 0 Å². The summed E-state index contributed by atoms with van der Waals surface area (Å²) in [6.07, 6.45) is 2.93. The molecule has 1 saturated heterocycles. The van der Waals surface area contributed by atoms with Gasteiger partial charge in [-0.05, 0) is 34.5 Å². The Kier molecular flexibility index (Phi) is 3.50. The average Bonchev–Trinajstić information content (AvgIpc) is 2.70. The number of nitrogens with zero attached hydrogens (tertiary/aromatic N) is 1. The Morgan fingerprint density at radius 1 is 1.57 bits per heavy atom. The van der Waals surface area contributed by atoms with Crippen LogP contribution in [0.15, 0.2) is 22.8 Å². The van der Waals surface area contributed by atoms with E-state index in [-0.39, 0.29) is 0 Å². The fourth-order valence-electron chi connectivity index (χ4n) is 1.46. The summed E-state index contributed by atoms with van der Waals surface area (Å²) >= 11 is 3.36. The van der Waals surface area contributed by atoms with Gasteiger partial charge in [-0.2, -0.15) is 0 Å². The third-order valence-electron chi connectivity index (χ3n) is 2.29. The monoisotopic (exact) mass is 256 g/mol. The summed E-state index contributed by atoms with van der Waals surface area (Å²) in [5.74, 6) is 0. The van der Waals surface area contributed by atoms with Crippen LogP contribution in [0.5, 0.6) is 0 Å². The fourth-order valence-corrected chi connectivity index (χ4v) is 1.69. The SMILES string of the molecule is Brc1ccc(CNC2CCOC2)nc1. The zero-order chi connectivity index (χ0) is 9.80. The molecule has 4 heteroatoms. The van der Waals surface area contributed by atoms with Crippen molar-refractivity contribution < 1.29 is 4.74 Å². The molecule has 0 amide bonds. The van der Waals surface area contributed by atoms with Crippen LogP contribution in [0.2, 0.25) is 0 Å². The second-order valence-electron chi connectivity index (χ2n) is 3.41. The summed E-state index contributed by atoms with van der Waals surface area (Å²) in [5.41, 5.74) is 1.07. The predicted octanol–water partition coefficient (Wildman–Crippen LogP) is 1.72. The second-order valence-corrected chi connectivity index (χ2v) is 4.32. The van der Waals surface area contributed by atoms with Gasteiger partial charge in [-0.3, -0.25) is 4.98 Å². The normalized spacial score (nSPS) is 21.4. The van der Waals surface area contributed by atoms with Gasteiger partial charge in [0.1, 0.15) is 0 Å². The zero-order valence-corrected chi connectivity index (χ0v) is 9.46. The average molecular weight is 257 g/mol. The number of ether oxygens (including phenoxy) is 1. The first-order valence-corrected chi connectivity index (χ1v) is 5.55. The van der Waals surface area contributed by atoms with E-state index < -0.39 is 0 Å². The van der Waals surface area contributed by atoms with Gasteiger partial charge < -0.3 is 10.1 Å². The molecule has 0 radical (unpaired) electrons. The van der Waals surface area contributed by atoms with Gasteiger partial charge in [0.05, 0.1) is 12.3 Å². The Hall–Kier alpha value is -0.450. The summed E-state index contributed by atoms with van der Waals surface area (Å²) in [6.45, 7) is 2.53. The zero-order valence-electron chi connectivity index (χ0n) is 7.87. The van der Waals surface area contributed by atoms with Gasteiger partial charge in [0.2, 0.25) is 0 Å². The summed E-state index contributed by atoms with van der Waals surface area (Å²) in [6, 6.07) is 4.53. The molecule has 1 aliphatic rings. The van der Waals surface area contributed by atoms with Crippen LogP contribution in [-0.2, 0) is 11.3 Å². The van der Waals surface area contributed by atoms with Crippen molar-refractivity contribution in [3.8, 4) is 0 Å². The highest BCUT2D eigenvalue weighted by atomic mass is 79.9. The van der Waals surface area contributed by atoms with E-state index in [1.165, 1.54) is 0 Å². The molecule has 0 spiro atoms. The predicted molar refractivity (Wildman–Crippen MR) is 58.0 cm³/mol. The van der Waals surface area contributed by atoms with Gasteiger partial charge in [0, 0.05) is 29.9 Å². The Bertz CT molecular complexity index is 283. The highest BCUT2D eigenvalue weighted by Gasteiger charge is 2.14. The van der Waals surface area contributed by atoms with Gasteiger partial charge in [0.15, 0.2) is 0 Å². The van der Waals surface area contributed by atoms with Gasteiger partial charge >= 0.3 is 0 Å². The minimum absolute atomic E-state index is 0.500. The maximum Gasteiger partial charge on any atom is 0.0620 e. The summed E-state index contributed by atoms with van der Waals surface area (Å²) in [5, 5.41) is 3.41. The minimum Gasteiger partial charge on any atom is -0.380 e. The molecular weight excluding hydrogens is 244 g/mol. The van der Waals surface area contributed by atoms with Crippen LogP contribution < -0.4 is 5.32 Å². The molecular formula is C10H13BrN2O. The Balaban J connectivity index is 1.82. The van der Waals surface area contributed by atoms with Crippen LogP contribution in [0, 0.1) is 0 Å². The molecule has 76 valence electrons. The van der Waals surface area contributed by atoms with Crippen LogP contribution in [-0.4, -0.2) is 24.2 Å². The molecule has 1 aliphatic heterocycles. The van der Waals surface area contributed by atoms with Crippen molar-refractivity contribution in [1.82, 2.24) is 10.3 Å². The topological polar surface area (TPSA) is 34.1 Å². The molecule has 1 aromatic heterocycles. The van der Waals surface area contributed by atoms with Crippen molar-refractivity contribution in [3.05, 3.63) is 28.5 Å². The lowest BCUT2D eigenvalue weighted by Gasteiger charge is -2.09. The lowest BCUT2D eigenvalue weighted by atomic mass is 10.2. The van der Waals surface area contributed by atoms with Gasteiger partial charge in [0.25, 0.3) is 0 Å². The number of hydrogen-bond donors (Lipinski definition) is 1. The first-order chi connectivity index (χ1) is 6.84. The van der Waals surface area contributed by atoms with Gasteiger partial charge in [-0.1, -0.05) is 0 Å². The summed E-state index contributed by atoms with van der Waals surface area (Å²) in [7, 11) is 0. The second kappa shape index (κ2) is 4.87. The van der Waals surface area contributed by atoms with Crippen LogP contribution in [0.3, 0.4) is 0 Å². The third-order valence-corrected chi connectivity index (χ3v) is 2.76. The highest BCUT2D eigenvalue weighted by Crippen LogP contribution is 2.08. The van der Waals surface area contributed by atoms with Crippen molar-refractivity contribution in [3.63, 3.8) is 0 Å². The van der Waals surface area contributed by atoms with Crippen LogP contribution in [0.1, 0.15) is 12.1 Å². The van der Waals surface area contributed by atoms with Crippen LogP contribution >= 0.6 is 15.9 Å². The number of rotatable bonds is 3. The summed E-state index contributed by atoms with van der Waals surface area (Å²) < 4.78 is 6.29. The maximum absolute atomic E-state index is 5.27. The molecule has 0 aliphatic carbocycles. The molecule has 1 fully saturated rings. The molecule has 3 nitrogen and oxygen atoms in total. The van der Waals surface area contributed by atoms with E-state index >= 15 is 0 Å². The van der Waals surface area contributed by atoms with Crippen molar-refractivity contribution >= 4 is 15.9 Å². The number of halogens is 1. The van der Waals surface area contributed by atoms with E-state index in [4.69, 9.17) is 4.74 Å². The van der Waals surface area contributed by atoms with Crippen molar-refractivity contribution in [1.29, 1.82) is 0 Å². The molecule has 1 aromatic rings. The number of hydrogen-bond acceptors (Lipinski definition) is 3. The van der Waals surface area contributed by atoms with Crippen LogP contribution in [0.25, 0.3) is 0 Å². The van der Waals surface area contributed by atoms with Gasteiger partial charge in [-0.25, -0.2) is 0 Å². The molecule has 0 bridgehead atoms. The molecule has 1 atom stereocenters. The quantitative estimate of drug-likeness (QED) is 0.895. The largest absolute Gasteiger partial charge is 0.380 e. The first kappa shape index (κ1) is 10.1. The fraction of sp³-hybridized carbons (Fsp3) is 0.500. The number of nitrogens with one attached hydrogen (secondary N) is 1. The van der Waals surface area contributed by atoms with E-state index in [0.29, 0.717) is 6.04 Å². The maximum atomic E-state index is 5.27. The molecule has 2 heterocycles. The number of pyridine rings is 1. The van der Waals surface area contributed by atoms with E-state index in [2.05, 4.69) is 26.2 Å². The third kappa shape index (κ3) is 2.77. The molecule has 1 unspecified atom stereocenters. The van der Waals surface area contributed by atoms with Crippen molar-refractivity contribution in [2.45, 2.75) is 19.0 Å². The smallest absolute Gasteiger partial charge is 0.0620 e. The summed E-state index contributed by atoms with van der Waals surface area (Å²) in [4.78, 5) is 4.29. The van der Waals surface area contributed by atoms with Crippen molar-refractivity contribution in [2.24, 2.45) is 0 Å². The lowest BCUT2D eigenvalue weighted by Crippen LogP contribution is -2.28. The van der Waals surface area contributed by atoms with E-state index in [1.807, 2.05) is 18.3 Å². The Morgan fingerprint density at radius 2 is 2.50 bits per heavy atom. The Labute approximate surface area is 92.0 Å². The highest BCUT2D eigenvalue weighted by molar-refractivity contribution is 9.10. The van der Waals surface area contributed by atoms with Gasteiger partial charge in [-0.15, -0.1) is 0 Å². The molecule has 0 aromatic carbocycles. The van der Waals surface area contributed by atoms with E-state index in [0.717, 1.165) is 36.3 Å². The molecule has 1 N–H and O–H groups in total. The molecule has 0 saturated carbocycles. The lowest BCUT2D eigenvalue weighted by molar-refractivity contribution is 0.189. The minimum atomic E-state index is 0.500. The standard InChI is InChI=1S/C10H13BrN2O/c11-8-1-2-9(12-5-8)6-13-10-3-4-14-7-10/h1-2,5,10,13H,3-4,6-7H2. The van der Waals surface area contributed by atoms with Crippen LogP contribution in [0.4, 0.5) is 0 Å².